The van der Waals surface area contributed by atoms with Gasteiger partial charge >= 0.3 is 0 Å². The first-order valence-electron chi connectivity index (χ1n) is 3.53. The summed E-state index contributed by atoms with van der Waals surface area (Å²) < 4.78 is 0. The molecule has 0 radical (unpaired) electrons. The van der Waals surface area contributed by atoms with Crippen LogP contribution in [-0.4, -0.2) is 9.97 Å². The number of nitrogen functional groups attached to an aromatic ring is 1. The zero-order chi connectivity index (χ0) is 8.27. The van der Waals surface area contributed by atoms with Gasteiger partial charge in [0.05, 0.1) is 0 Å². The number of hydrogen-bond donors (Lipinski definition) is 2. The summed E-state index contributed by atoms with van der Waals surface area (Å²) in [4.78, 5) is 8.04. The molecule has 0 saturated carbocycles. The number of nitrogens with zero attached hydrogens (tertiary/aromatic N) is 2. The van der Waals surface area contributed by atoms with Crippen molar-refractivity contribution in [1.29, 1.82) is 0 Å². The van der Waals surface area contributed by atoms with Crippen molar-refractivity contribution in [1.82, 2.24) is 9.97 Å². The van der Waals surface area contributed by atoms with E-state index in [0.717, 1.165) is 5.69 Å². The van der Waals surface area contributed by atoms with Crippen LogP contribution in [0, 0.1) is 0 Å². The molecule has 0 amide bonds. The molecule has 1 aromatic heterocycles. The molecule has 11 heavy (non-hydrogen) atoms. The van der Waals surface area contributed by atoms with Crippen molar-refractivity contribution in [3.05, 3.63) is 18.0 Å². The second kappa shape index (κ2) is 3.30. The lowest BCUT2D eigenvalue weighted by molar-refractivity contribution is 0.815. The molecule has 0 saturated heterocycles. The van der Waals surface area contributed by atoms with Gasteiger partial charge in [0.1, 0.15) is 0 Å². The van der Waals surface area contributed by atoms with Crippen LogP contribution in [0.3, 0.4) is 0 Å². The summed E-state index contributed by atoms with van der Waals surface area (Å²) >= 11 is 0. The summed E-state index contributed by atoms with van der Waals surface area (Å²) in [5.41, 5.74) is 3.39. The van der Waals surface area contributed by atoms with E-state index >= 15 is 0 Å². The van der Waals surface area contributed by atoms with Crippen LogP contribution in [0.15, 0.2) is 12.3 Å². The van der Waals surface area contributed by atoms with Crippen molar-refractivity contribution in [2.24, 2.45) is 5.84 Å². The maximum absolute atomic E-state index is 5.14. The Bertz CT molecular complexity index is 234. The van der Waals surface area contributed by atoms with Gasteiger partial charge in [-0.3, -0.25) is 5.43 Å². The quantitative estimate of drug-likeness (QED) is 0.488. The number of hydrazine groups is 1. The first-order valence-corrected chi connectivity index (χ1v) is 3.53. The molecule has 4 nitrogen and oxygen atoms in total. The summed E-state index contributed by atoms with van der Waals surface area (Å²) in [6.07, 6.45) is 1.69. The Labute approximate surface area is 65.8 Å². The Hall–Kier alpha value is -1.16. The Balaban J connectivity index is 2.91. The fourth-order valence-electron chi connectivity index (χ4n) is 0.764. The number of hydrogen-bond acceptors (Lipinski definition) is 4. The molecule has 1 heterocycles. The first kappa shape index (κ1) is 7.94. The lowest BCUT2D eigenvalue weighted by Crippen LogP contribution is -2.11. The second-order valence-corrected chi connectivity index (χ2v) is 2.60. The third-order valence-electron chi connectivity index (χ3n) is 1.40. The molecule has 1 rings (SSSR count). The van der Waals surface area contributed by atoms with Gasteiger partial charge < -0.3 is 0 Å². The molecule has 4 heteroatoms. The summed E-state index contributed by atoms with van der Waals surface area (Å²) in [6.45, 7) is 4.14. The van der Waals surface area contributed by atoms with Crippen molar-refractivity contribution < 1.29 is 0 Å². The van der Waals surface area contributed by atoms with Gasteiger partial charge in [-0.25, -0.2) is 15.8 Å². The van der Waals surface area contributed by atoms with Gasteiger partial charge in [0.2, 0.25) is 5.95 Å². The lowest BCUT2D eigenvalue weighted by Gasteiger charge is -2.04. The normalized spacial score (nSPS) is 10.2. The molecule has 0 aromatic carbocycles. The second-order valence-electron chi connectivity index (χ2n) is 2.60. The van der Waals surface area contributed by atoms with Gasteiger partial charge in [0.25, 0.3) is 0 Å². The third kappa shape index (κ3) is 1.88. The third-order valence-corrected chi connectivity index (χ3v) is 1.40. The van der Waals surface area contributed by atoms with Crippen LogP contribution < -0.4 is 11.3 Å². The van der Waals surface area contributed by atoms with Crippen LogP contribution in [0.5, 0.6) is 0 Å². The van der Waals surface area contributed by atoms with Gasteiger partial charge in [-0.2, -0.15) is 0 Å². The minimum Gasteiger partial charge on any atom is -0.292 e. The predicted octanol–water partition coefficient (Wildman–Crippen LogP) is 0.886. The highest BCUT2D eigenvalue weighted by atomic mass is 15.3. The van der Waals surface area contributed by atoms with E-state index in [2.05, 4.69) is 29.2 Å². The van der Waals surface area contributed by atoms with Gasteiger partial charge in [0, 0.05) is 11.9 Å². The van der Waals surface area contributed by atoms with Crippen molar-refractivity contribution in [2.45, 2.75) is 19.8 Å². The topological polar surface area (TPSA) is 63.8 Å². The summed E-state index contributed by atoms with van der Waals surface area (Å²) in [6, 6.07) is 1.88. The van der Waals surface area contributed by atoms with Crippen LogP contribution >= 0.6 is 0 Å². The van der Waals surface area contributed by atoms with E-state index in [4.69, 9.17) is 5.84 Å². The van der Waals surface area contributed by atoms with E-state index in [1.165, 1.54) is 0 Å². The summed E-state index contributed by atoms with van der Waals surface area (Å²) in [5, 5.41) is 0. The Morgan fingerprint density at radius 2 is 2.27 bits per heavy atom. The maximum Gasteiger partial charge on any atom is 0.237 e. The molecule has 0 aliphatic rings. The number of aromatic nitrogens is 2. The monoisotopic (exact) mass is 152 g/mol. The predicted molar refractivity (Wildman–Crippen MR) is 43.9 cm³/mol. The van der Waals surface area contributed by atoms with Crippen molar-refractivity contribution in [3.8, 4) is 0 Å². The van der Waals surface area contributed by atoms with E-state index in [-0.39, 0.29) is 0 Å². The van der Waals surface area contributed by atoms with Crippen molar-refractivity contribution in [3.63, 3.8) is 0 Å². The maximum atomic E-state index is 5.14. The minimum atomic E-state index is 0.407. The molecule has 1 aromatic rings. The highest BCUT2D eigenvalue weighted by Gasteiger charge is 2.00. The van der Waals surface area contributed by atoms with Crippen LogP contribution in [0.25, 0.3) is 0 Å². The average Bonchev–Trinajstić information content (AvgIpc) is 2.05. The van der Waals surface area contributed by atoms with Crippen LogP contribution in [0.4, 0.5) is 5.95 Å². The molecule has 0 atom stereocenters. The zero-order valence-electron chi connectivity index (χ0n) is 6.70. The van der Waals surface area contributed by atoms with Crippen molar-refractivity contribution in [2.75, 3.05) is 5.43 Å². The fraction of sp³-hybridized carbons (Fsp3) is 0.429. The standard InChI is InChI=1S/C7H12N4/c1-5(2)6-3-4-9-7(10-6)11-8/h3-5H,8H2,1-2H3,(H,9,10,11). The van der Waals surface area contributed by atoms with Gasteiger partial charge in [0.15, 0.2) is 0 Å². The first-order chi connectivity index (χ1) is 5.24. The van der Waals surface area contributed by atoms with Crippen LogP contribution in [0.2, 0.25) is 0 Å². The smallest absolute Gasteiger partial charge is 0.237 e. The highest BCUT2D eigenvalue weighted by molar-refractivity contribution is 5.23. The molecule has 0 fully saturated rings. The van der Waals surface area contributed by atoms with E-state index in [0.29, 0.717) is 11.9 Å². The Morgan fingerprint density at radius 1 is 1.55 bits per heavy atom. The summed E-state index contributed by atoms with van der Waals surface area (Å²) in [7, 11) is 0. The number of rotatable bonds is 2. The van der Waals surface area contributed by atoms with Gasteiger partial charge in [-0.1, -0.05) is 13.8 Å². The van der Waals surface area contributed by atoms with Crippen LogP contribution in [-0.2, 0) is 0 Å². The van der Waals surface area contributed by atoms with E-state index in [9.17, 15) is 0 Å². The largest absolute Gasteiger partial charge is 0.292 e. The highest BCUT2D eigenvalue weighted by Crippen LogP contribution is 2.10. The number of nitrogens with two attached hydrogens (primary N) is 1. The molecule has 0 spiro atoms. The fourth-order valence-corrected chi connectivity index (χ4v) is 0.764. The van der Waals surface area contributed by atoms with Crippen LogP contribution in [0.1, 0.15) is 25.5 Å². The molecule has 60 valence electrons. The van der Waals surface area contributed by atoms with E-state index in [1.54, 1.807) is 6.20 Å². The molecule has 0 aliphatic carbocycles. The van der Waals surface area contributed by atoms with Crippen molar-refractivity contribution >= 4 is 5.95 Å². The molecule has 0 bridgehead atoms. The van der Waals surface area contributed by atoms with E-state index in [1.807, 2.05) is 6.07 Å². The zero-order valence-corrected chi connectivity index (χ0v) is 6.70. The van der Waals surface area contributed by atoms with E-state index < -0.39 is 0 Å². The molecular weight excluding hydrogens is 140 g/mol. The lowest BCUT2D eigenvalue weighted by atomic mass is 10.1. The van der Waals surface area contributed by atoms with Gasteiger partial charge in [-0.15, -0.1) is 0 Å². The Morgan fingerprint density at radius 3 is 2.82 bits per heavy atom. The molecule has 0 aliphatic heterocycles. The number of nitrogens with one attached hydrogen (secondary N) is 1. The molecular formula is C7H12N4. The average molecular weight is 152 g/mol. The number of anilines is 1. The SMILES string of the molecule is CC(C)c1ccnc(NN)n1. The molecule has 0 unspecified atom stereocenters. The summed E-state index contributed by atoms with van der Waals surface area (Å²) in [5.74, 6) is 6.02. The minimum absolute atomic E-state index is 0.407. The Kier molecular flexibility index (Phi) is 2.38. The molecule has 3 N–H and O–H groups in total. The van der Waals surface area contributed by atoms with Gasteiger partial charge in [-0.05, 0) is 12.0 Å².